The first kappa shape index (κ1) is 16.4. The maximum absolute atomic E-state index is 12.9. The molecule has 2 aliphatic heterocycles. The van der Waals surface area contributed by atoms with Gasteiger partial charge in [-0.05, 0) is 12.8 Å². The van der Waals surface area contributed by atoms with Crippen molar-refractivity contribution >= 4 is 11.9 Å². The highest BCUT2D eigenvalue weighted by Gasteiger charge is 2.49. The monoisotopic (exact) mass is 370 g/mol. The molecular formula is C18H18N4O5. The van der Waals surface area contributed by atoms with Crippen LogP contribution in [0.25, 0.3) is 11.4 Å². The zero-order valence-corrected chi connectivity index (χ0v) is 14.4. The lowest BCUT2D eigenvalue weighted by Crippen LogP contribution is -2.63. The number of rotatable bonds is 3. The minimum Gasteiger partial charge on any atom is -0.349 e. The predicted molar refractivity (Wildman–Crippen MR) is 89.9 cm³/mol. The van der Waals surface area contributed by atoms with Crippen LogP contribution in [-0.2, 0) is 20.8 Å². The van der Waals surface area contributed by atoms with E-state index in [4.69, 9.17) is 14.0 Å². The Morgan fingerprint density at radius 3 is 2.70 bits per heavy atom. The van der Waals surface area contributed by atoms with Gasteiger partial charge in [0.05, 0.1) is 18.1 Å². The van der Waals surface area contributed by atoms with Crippen molar-refractivity contribution in [2.45, 2.75) is 37.6 Å². The number of carbonyl (C=O) groups excluding carboxylic acids is 2. The molecule has 0 bridgehead atoms. The van der Waals surface area contributed by atoms with Gasteiger partial charge in [-0.1, -0.05) is 35.5 Å². The second-order valence-corrected chi connectivity index (χ2v) is 6.96. The molecule has 9 heteroatoms. The number of aromatic nitrogens is 2. The van der Waals surface area contributed by atoms with Crippen molar-refractivity contribution in [2.24, 2.45) is 5.92 Å². The summed E-state index contributed by atoms with van der Waals surface area (Å²) in [5.41, 5.74) is 0.804. The van der Waals surface area contributed by atoms with Gasteiger partial charge in [-0.15, -0.1) is 0 Å². The maximum Gasteiger partial charge on any atom is 0.324 e. The number of imide groups is 1. The molecule has 2 saturated heterocycles. The summed E-state index contributed by atoms with van der Waals surface area (Å²) in [6.45, 7) is 0.185. The van der Waals surface area contributed by atoms with Crippen molar-refractivity contribution in [3.05, 3.63) is 36.2 Å². The van der Waals surface area contributed by atoms with Crippen molar-refractivity contribution in [3.8, 4) is 11.4 Å². The SMILES string of the molecule is O=C1NC2CC3OCOC3CC2C(=O)N1Cc1nc(-c2ccccc2)no1. The second-order valence-electron chi connectivity index (χ2n) is 6.96. The van der Waals surface area contributed by atoms with Gasteiger partial charge in [-0.25, -0.2) is 4.79 Å². The quantitative estimate of drug-likeness (QED) is 0.868. The van der Waals surface area contributed by atoms with Gasteiger partial charge in [-0.2, -0.15) is 4.98 Å². The lowest BCUT2D eigenvalue weighted by atomic mass is 9.79. The summed E-state index contributed by atoms with van der Waals surface area (Å²) in [5, 5.41) is 6.85. The molecule has 1 N–H and O–H groups in total. The van der Waals surface area contributed by atoms with E-state index in [0.717, 1.165) is 10.5 Å². The first-order valence-corrected chi connectivity index (χ1v) is 8.92. The second kappa shape index (κ2) is 6.43. The Balaban J connectivity index is 1.33. The fourth-order valence-corrected chi connectivity index (χ4v) is 3.98. The predicted octanol–water partition coefficient (Wildman–Crippen LogP) is 1.31. The molecule has 1 aromatic heterocycles. The van der Waals surface area contributed by atoms with Crippen LogP contribution in [-0.4, -0.2) is 52.0 Å². The van der Waals surface area contributed by atoms with Gasteiger partial charge < -0.3 is 19.3 Å². The number of urea groups is 1. The third-order valence-corrected chi connectivity index (χ3v) is 5.37. The summed E-state index contributed by atoms with van der Waals surface area (Å²) in [5.74, 6) is 0.0645. The van der Waals surface area contributed by atoms with Crippen molar-refractivity contribution < 1.29 is 23.6 Å². The van der Waals surface area contributed by atoms with E-state index in [1.807, 2.05) is 30.3 Å². The number of hydrogen-bond acceptors (Lipinski definition) is 7. The number of fused-ring (bicyclic) bond motifs is 2. The molecule has 9 nitrogen and oxygen atoms in total. The largest absolute Gasteiger partial charge is 0.349 e. The first-order valence-electron chi connectivity index (χ1n) is 8.92. The summed E-state index contributed by atoms with van der Waals surface area (Å²) in [6, 6.07) is 8.69. The van der Waals surface area contributed by atoms with Gasteiger partial charge in [0, 0.05) is 11.6 Å². The number of nitrogens with zero attached hydrogens (tertiary/aromatic N) is 3. The highest BCUT2D eigenvalue weighted by Crippen LogP contribution is 2.35. The van der Waals surface area contributed by atoms with Crippen LogP contribution in [0.3, 0.4) is 0 Å². The lowest BCUT2D eigenvalue weighted by molar-refractivity contribution is -0.139. The average Bonchev–Trinajstić information content (AvgIpc) is 3.33. The first-order chi connectivity index (χ1) is 13.2. The topological polar surface area (TPSA) is 107 Å². The molecule has 1 aliphatic carbocycles. The Morgan fingerprint density at radius 2 is 1.89 bits per heavy atom. The van der Waals surface area contributed by atoms with E-state index in [1.165, 1.54) is 0 Å². The standard InChI is InChI=1S/C18H18N4O5/c23-17-11-6-13-14(26-9-25-13)7-12(11)19-18(24)22(17)8-15-20-16(21-27-15)10-4-2-1-3-5-10/h1-5,11-14H,6-9H2,(H,19,24). The summed E-state index contributed by atoms with van der Waals surface area (Å²) in [7, 11) is 0. The van der Waals surface area contributed by atoms with Crippen LogP contribution in [0.5, 0.6) is 0 Å². The molecule has 3 amide bonds. The van der Waals surface area contributed by atoms with E-state index < -0.39 is 6.03 Å². The van der Waals surface area contributed by atoms with Crippen molar-refractivity contribution in [3.63, 3.8) is 0 Å². The third kappa shape index (κ3) is 2.88. The van der Waals surface area contributed by atoms with E-state index >= 15 is 0 Å². The van der Waals surface area contributed by atoms with Crippen molar-refractivity contribution in [1.29, 1.82) is 0 Å². The zero-order chi connectivity index (χ0) is 18.4. The molecule has 1 aromatic carbocycles. The van der Waals surface area contributed by atoms with E-state index in [1.54, 1.807) is 0 Å². The fraction of sp³-hybridized carbons (Fsp3) is 0.444. The molecule has 2 aromatic rings. The molecule has 3 fully saturated rings. The van der Waals surface area contributed by atoms with E-state index in [-0.39, 0.29) is 49.3 Å². The van der Waals surface area contributed by atoms with Crippen molar-refractivity contribution in [1.82, 2.24) is 20.4 Å². The third-order valence-electron chi connectivity index (χ3n) is 5.37. The molecule has 0 spiro atoms. The van der Waals surface area contributed by atoms with Gasteiger partial charge in [0.15, 0.2) is 0 Å². The van der Waals surface area contributed by atoms with Crippen LogP contribution in [0, 0.1) is 5.92 Å². The van der Waals surface area contributed by atoms with Crippen LogP contribution >= 0.6 is 0 Å². The van der Waals surface area contributed by atoms with Gasteiger partial charge in [0.2, 0.25) is 17.6 Å². The Morgan fingerprint density at radius 1 is 1.11 bits per heavy atom. The Bertz CT molecular complexity index is 870. The zero-order valence-electron chi connectivity index (χ0n) is 14.4. The van der Waals surface area contributed by atoms with E-state index in [9.17, 15) is 9.59 Å². The number of hydrogen-bond donors (Lipinski definition) is 1. The van der Waals surface area contributed by atoms with E-state index in [0.29, 0.717) is 18.7 Å². The summed E-state index contributed by atoms with van der Waals surface area (Å²) < 4.78 is 16.3. The molecule has 1 saturated carbocycles. The van der Waals surface area contributed by atoms with Crippen LogP contribution in [0.4, 0.5) is 4.79 Å². The molecule has 27 heavy (non-hydrogen) atoms. The summed E-state index contributed by atoms with van der Waals surface area (Å²) in [4.78, 5) is 30.8. The molecule has 0 radical (unpaired) electrons. The van der Waals surface area contributed by atoms with Gasteiger partial charge in [0.25, 0.3) is 0 Å². The number of nitrogens with one attached hydrogen (secondary N) is 1. The number of amides is 3. The van der Waals surface area contributed by atoms with Crippen LogP contribution in [0.15, 0.2) is 34.9 Å². The Hall–Kier alpha value is -2.78. The Labute approximate surface area is 154 Å². The number of carbonyl (C=O) groups is 2. The van der Waals surface area contributed by atoms with Crippen LogP contribution < -0.4 is 5.32 Å². The van der Waals surface area contributed by atoms with E-state index in [2.05, 4.69) is 15.5 Å². The van der Waals surface area contributed by atoms with Gasteiger partial charge in [0.1, 0.15) is 13.3 Å². The van der Waals surface area contributed by atoms with Crippen molar-refractivity contribution in [2.75, 3.05) is 6.79 Å². The minimum absolute atomic E-state index is 0.0564. The molecular weight excluding hydrogens is 352 g/mol. The summed E-state index contributed by atoms with van der Waals surface area (Å²) >= 11 is 0. The molecule has 3 heterocycles. The van der Waals surface area contributed by atoms with Crippen LogP contribution in [0.2, 0.25) is 0 Å². The lowest BCUT2D eigenvalue weighted by Gasteiger charge is -2.42. The van der Waals surface area contributed by atoms with Gasteiger partial charge >= 0.3 is 6.03 Å². The van der Waals surface area contributed by atoms with Crippen LogP contribution in [0.1, 0.15) is 18.7 Å². The molecule has 140 valence electrons. The average molecular weight is 370 g/mol. The fourth-order valence-electron chi connectivity index (χ4n) is 3.98. The van der Waals surface area contributed by atoms with Gasteiger partial charge in [-0.3, -0.25) is 9.69 Å². The minimum atomic E-state index is -0.446. The summed E-state index contributed by atoms with van der Waals surface area (Å²) in [6.07, 6.45) is 0.957. The highest BCUT2D eigenvalue weighted by molar-refractivity contribution is 5.98. The maximum atomic E-state index is 12.9. The number of benzene rings is 1. The normalized spacial score (nSPS) is 30.0. The Kier molecular flexibility index (Phi) is 3.91. The highest BCUT2D eigenvalue weighted by atomic mass is 16.7. The molecule has 3 aliphatic rings. The smallest absolute Gasteiger partial charge is 0.324 e. The molecule has 5 rings (SSSR count). The molecule has 4 atom stereocenters. The number of ether oxygens (including phenoxy) is 2. The molecule has 4 unspecified atom stereocenters.